The van der Waals surface area contributed by atoms with E-state index in [9.17, 15) is 17.6 Å². The second-order valence-corrected chi connectivity index (χ2v) is 11.2. The van der Waals surface area contributed by atoms with Crippen LogP contribution in [0.1, 0.15) is 5.56 Å². The van der Waals surface area contributed by atoms with Gasteiger partial charge in [-0.15, -0.1) is 0 Å². The van der Waals surface area contributed by atoms with E-state index in [1.807, 2.05) is 4.90 Å². The van der Waals surface area contributed by atoms with E-state index in [0.717, 1.165) is 44.0 Å². The molecule has 35 heavy (non-hydrogen) atoms. The van der Waals surface area contributed by atoms with E-state index in [4.69, 9.17) is 0 Å². The quantitative estimate of drug-likeness (QED) is 0.397. The number of benzene rings is 1. The Bertz CT molecular complexity index is 1560. The third kappa shape index (κ3) is 4.88. The first-order chi connectivity index (χ1) is 16.8. The first-order valence-electron chi connectivity index (χ1n) is 10.8. The molecule has 0 amide bonds. The normalized spacial score (nSPS) is 14.4. The van der Waals surface area contributed by atoms with Gasteiger partial charge in [-0.25, -0.2) is 17.8 Å². The number of anilines is 3. The van der Waals surface area contributed by atoms with Crippen molar-refractivity contribution >= 4 is 49.7 Å². The summed E-state index contributed by atoms with van der Waals surface area (Å²) in [6, 6.07) is 7.84. The molecule has 0 spiro atoms. The molecular weight excluding hydrogens is 493 g/mol. The van der Waals surface area contributed by atoms with Crippen LogP contribution in [0, 0.1) is 5.82 Å². The van der Waals surface area contributed by atoms with Crippen LogP contribution in [0.25, 0.3) is 11.0 Å². The molecule has 0 unspecified atom stereocenters. The number of halogens is 1. The van der Waals surface area contributed by atoms with Crippen molar-refractivity contribution in [3.8, 4) is 0 Å². The molecule has 0 bridgehead atoms. The molecule has 3 aromatic heterocycles. The number of nitrogens with zero attached hydrogens (tertiary/aromatic N) is 5. The number of sulfone groups is 1. The van der Waals surface area contributed by atoms with Gasteiger partial charge in [-0.1, -0.05) is 0 Å². The summed E-state index contributed by atoms with van der Waals surface area (Å²) in [6.07, 6.45) is 4.09. The number of hydrogen-bond donors (Lipinski definition) is 2. The molecule has 1 aliphatic rings. The number of fused-ring (bicyclic) bond motifs is 1. The summed E-state index contributed by atoms with van der Waals surface area (Å²) in [5.41, 5.74) is 1.38. The van der Waals surface area contributed by atoms with Crippen LogP contribution in [0.3, 0.4) is 0 Å². The average molecular weight is 516 g/mol. The Morgan fingerprint density at radius 2 is 1.97 bits per heavy atom. The Hall–Kier alpha value is -3.42. The van der Waals surface area contributed by atoms with Gasteiger partial charge in [0.05, 0.1) is 12.2 Å². The highest BCUT2D eigenvalue weighted by molar-refractivity contribution is 7.92. The molecule has 0 atom stereocenters. The predicted octanol–water partition coefficient (Wildman–Crippen LogP) is 1.99. The molecule has 4 aromatic rings. The van der Waals surface area contributed by atoms with Gasteiger partial charge in [0.1, 0.15) is 15.7 Å². The second kappa shape index (κ2) is 9.32. The van der Waals surface area contributed by atoms with Gasteiger partial charge in [0.25, 0.3) is 5.56 Å². The Labute approximate surface area is 204 Å². The number of hydrogen-bond acceptors (Lipinski definition) is 10. The van der Waals surface area contributed by atoms with Crippen molar-refractivity contribution in [1.29, 1.82) is 0 Å². The third-order valence-corrected chi connectivity index (χ3v) is 8.36. The molecule has 182 valence electrons. The number of aromatic nitrogens is 4. The molecule has 1 aromatic carbocycles. The van der Waals surface area contributed by atoms with E-state index in [1.165, 1.54) is 22.9 Å². The van der Waals surface area contributed by atoms with Crippen LogP contribution in [-0.2, 0) is 16.4 Å². The van der Waals surface area contributed by atoms with Crippen LogP contribution in [0.2, 0.25) is 0 Å². The fraction of sp³-hybridized carbons (Fsp3) is 0.273. The number of nitrogens with one attached hydrogen (secondary N) is 2. The zero-order valence-corrected chi connectivity index (χ0v) is 20.4. The zero-order valence-electron chi connectivity index (χ0n) is 18.7. The van der Waals surface area contributed by atoms with Crippen molar-refractivity contribution in [2.75, 3.05) is 42.7 Å². The van der Waals surface area contributed by atoms with Crippen molar-refractivity contribution in [1.82, 2.24) is 24.2 Å². The van der Waals surface area contributed by atoms with E-state index in [1.54, 1.807) is 24.4 Å². The molecule has 1 saturated heterocycles. The van der Waals surface area contributed by atoms with Gasteiger partial charge in [-0.05, 0) is 35.8 Å². The van der Waals surface area contributed by atoms with Crippen LogP contribution in [0.15, 0.2) is 51.7 Å². The lowest BCUT2D eigenvalue weighted by molar-refractivity contribution is 0.566. The van der Waals surface area contributed by atoms with E-state index in [-0.39, 0.29) is 28.1 Å². The first-order valence-corrected chi connectivity index (χ1v) is 13.5. The Morgan fingerprint density at radius 1 is 1.17 bits per heavy atom. The standard InChI is InChI=1S/C22H22FN7O3S2/c1-35(32,33)21-15(12-26-34-21)13-30-19(31)5-2-14-11-25-22(28-20(14)30)27-16-3-4-18(17(23)10-16)29-8-6-24-7-9-29/h2-5,10-12,24H,6-9,13H2,1H3,(H,25,27,28). The fourth-order valence-electron chi connectivity index (χ4n) is 3.99. The maximum atomic E-state index is 14.8. The van der Waals surface area contributed by atoms with Gasteiger partial charge in [-0.2, -0.15) is 9.36 Å². The van der Waals surface area contributed by atoms with E-state index in [2.05, 4.69) is 25.0 Å². The molecular formula is C22H22FN7O3S2. The van der Waals surface area contributed by atoms with Crippen LogP contribution in [0.4, 0.5) is 21.7 Å². The Balaban J connectivity index is 1.46. The monoisotopic (exact) mass is 515 g/mol. The Morgan fingerprint density at radius 3 is 2.71 bits per heavy atom. The van der Waals surface area contributed by atoms with Crippen LogP contribution < -0.4 is 21.1 Å². The highest BCUT2D eigenvalue weighted by atomic mass is 32.2. The molecule has 4 heterocycles. The number of rotatable bonds is 6. The highest BCUT2D eigenvalue weighted by Gasteiger charge is 2.19. The van der Waals surface area contributed by atoms with Crippen molar-refractivity contribution in [3.05, 3.63) is 64.5 Å². The number of piperazine rings is 1. The summed E-state index contributed by atoms with van der Waals surface area (Å²) < 4.78 is 44.4. The van der Waals surface area contributed by atoms with Gasteiger partial charge < -0.3 is 15.5 Å². The predicted molar refractivity (Wildman–Crippen MR) is 133 cm³/mol. The first kappa shape index (κ1) is 23.3. The van der Waals surface area contributed by atoms with Gasteiger partial charge in [0, 0.05) is 67.5 Å². The summed E-state index contributed by atoms with van der Waals surface area (Å²) in [5.74, 6) is -0.175. The molecule has 1 aliphatic heterocycles. The van der Waals surface area contributed by atoms with Crippen molar-refractivity contribution in [3.63, 3.8) is 0 Å². The minimum absolute atomic E-state index is 0.0143. The van der Waals surface area contributed by atoms with E-state index < -0.39 is 9.84 Å². The minimum atomic E-state index is -3.49. The topological polar surface area (TPSA) is 122 Å². The molecule has 13 heteroatoms. The van der Waals surface area contributed by atoms with Crippen molar-refractivity contribution < 1.29 is 12.8 Å². The lowest BCUT2D eigenvalue weighted by Crippen LogP contribution is -2.43. The molecule has 5 rings (SSSR count). The highest BCUT2D eigenvalue weighted by Crippen LogP contribution is 2.25. The van der Waals surface area contributed by atoms with Gasteiger partial charge >= 0.3 is 0 Å². The lowest BCUT2D eigenvalue weighted by Gasteiger charge is -2.29. The fourth-order valence-corrected chi connectivity index (χ4v) is 5.77. The SMILES string of the molecule is CS(=O)(=O)c1sncc1Cn1c(=O)ccc2cnc(Nc3ccc(N4CCNCC4)c(F)c3)nc21. The molecule has 2 N–H and O–H groups in total. The lowest BCUT2D eigenvalue weighted by atomic mass is 10.2. The largest absolute Gasteiger partial charge is 0.367 e. The summed E-state index contributed by atoms with van der Waals surface area (Å²) in [4.78, 5) is 23.4. The summed E-state index contributed by atoms with van der Waals surface area (Å²) in [7, 11) is -3.49. The van der Waals surface area contributed by atoms with E-state index in [0.29, 0.717) is 28.0 Å². The summed E-state index contributed by atoms with van der Waals surface area (Å²) in [5, 5.41) is 6.84. The summed E-state index contributed by atoms with van der Waals surface area (Å²) in [6.45, 7) is 3.06. The smallest absolute Gasteiger partial charge is 0.252 e. The van der Waals surface area contributed by atoms with E-state index >= 15 is 0 Å². The Kier molecular flexibility index (Phi) is 6.21. The van der Waals surface area contributed by atoms with Gasteiger partial charge in [-0.3, -0.25) is 9.36 Å². The maximum absolute atomic E-state index is 14.8. The molecule has 1 fully saturated rings. The second-order valence-electron chi connectivity index (χ2n) is 8.17. The van der Waals surface area contributed by atoms with Crippen LogP contribution >= 0.6 is 11.5 Å². The summed E-state index contributed by atoms with van der Waals surface area (Å²) >= 11 is 0.864. The maximum Gasteiger partial charge on any atom is 0.252 e. The molecule has 0 saturated carbocycles. The zero-order chi connectivity index (χ0) is 24.6. The van der Waals surface area contributed by atoms with Crippen LogP contribution in [-0.4, -0.2) is 59.8 Å². The average Bonchev–Trinajstić information content (AvgIpc) is 3.31. The molecule has 10 nitrogen and oxygen atoms in total. The van der Waals surface area contributed by atoms with Gasteiger partial charge in [0.2, 0.25) is 5.95 Å². The minimum Gasteiger partial charge on any atom is -0.367 e. The van der Waals surface area contributed by atoms with Crippen LogP contribution in [0.5, 0.6) is 0 Å². The van der Waals surface area contributed by atoms with Gasteiger partial charge in [0.15, 0.2) is 9.84 Å². The third-order valence-electron chi connectivity index (χ3n) is 5.66. The molecule has 0 radical (unpaired) electrons. The van der Waals surface area contributed by atoms with Crippen molar-refractivity contribution in [2.45, 2.75) is 10.8 Å². The molecule has 0 aliphatic carbocycles. The van der Waals surface area contributed by atoms with Crippen molar-refractivity contribution in [2.24, 2.45) is 0 Å². The number of pyridine rings is 1.